The lowest BCUT2D eigenvalue weighted by molar-refractivity contribution is 1.33. The molecule has 7 rings (SSSR count). The van der Waals surface area contributed by atoms with E-state index in [0.29, 0.717) is 0 Å². The second-order valence-electron chi connectivity index (χ2n) is 10.3. The highest BCUT2D eigenvalue weighted by molar-refractivity contribution is 7.99. The molecule has 0 unspecified atom stereocenters. The van der Waals surface area contributed by atoms with Crippen LogP contribution in [0.1, 0.15) is 6.92 Å². The van der Waals surface area contributed by atoms with Crippen molar-refractivity contribution in [3.8, 4) is 33.4 Å². The average Bonchev–Trinajstić information content (AvgIpc) is 3.05. The van der Waals surface area contributed by atoms with E-state index < -0.39 is 0 Å². The van der Waals surface area contributed by atoms with E-state index in [-0.39, 0.29) is 0 Å². The Morgan fingerprint density at radius 2 is 0.905 bits per heavy atom. The Kier molecular flexibility index (Phi) is 7.57. The predicted molar refractivity (Wildman–Crippen MR) is 185 cm³/mol. The number of thioether (sulfide) groups is 1. The van der Waals surface area contributed by atoms with E-state index >= 15 is 0 Å². The van der Waals surface area contributed by atoms with Crippen LogP contribution in [0.4, 0.5) is 0 Å². The van der Waals surface area contributed by atoms with E-state index in [9.17, 15) is 0 Å². The van der Waals surface area contributed by atoms with Crippen molar-refractivity contribution in [3.05, 3.63) is 152 Å². The topological polar surface area (TPSA) is 0 Å². The number of hydrogen-bond donors (Lipinski definition) is 0. The van der Waals surface area contributed by atoms with E-state index in [0.717, 1.165) is 5.75 Å². The van der Waals surface area contributed by atoms with Gasteiger partial charge in [0.15, 0.2) is 0 Å². The van der Waals surface area contributed by atoms with Crippen molar-refractivity contribution in [2.24, 2.45) is 0 Å². The number of hydrogen-bond acceptors (Lipinski definition) is 2. The summed E-state index contributed by atoms with van der Waals surface area (Å²) in [7, 11) is 0. The molecule has 0 aliphatic rings. The van der Waals surface area contributed by atoms with Crippen LogP contribution in [-0.2, 0) is 0 Å². The molecule has 2 heteroatoms. The van der Waals surface area contributed by atoms with Crippen molar-refractivity contribution in [2.75, 3.05) is 5.75 Å². The van der Waals surface area contributed by atoms with Crippen LogP contribution in [-0.4, -0.2) is 5.75 Å². The zero-order valence-electron chi connectivity index (χ0n) is 23.5. The average molecular weight is 575 g/mol. The summed E-state index contributed by atoms with van der Waals surface area (Å²) in [5, 5.41) is 5.13. The molecule has 0 bridgehead atoms. The molecule has 0 N–H and O–H groups in total. The molecule has 0 atom stereocenters. The van der Waals surface area contributed by atoms with Gasteiger partial charge in [-0.1, -0.05) is 134 Å². The first-order chi connectivity index (χ1) is 20.8. The first kappa shape index (κ1) is 26.6. The fourth-order valence-electron chi connectivity index (χ4n) is 5.90. The maximum absolute atomic E-state index is 2.30. The van der Waals surface area contributed by atoms with E-state index in [1.54, 1.807) is 0 Å². The number of benzene rings is 7. The van der Waals surface area contributed by atoms with Crippen molar-refractivity contribution in [2.45, 2.75) is 21.6 Å². The molecule has 0 spiro atoms. The Morgan fingerprint density at radius 1 is 0.405 bits per heavy atom. The minimum absolute atomic E-state index is 1.09. The van der Waals surface area contributed by atoms with Gasteiger partial charge in [-0.15, -0.1) is 11.8 Å². The molecule has 7 aromatic rings. The molecule has 0 nitrogen and oxygen atoms in total. The first-order valence-electron chi connectivity index (χ1n) is 14.4. The SMILES string of the molecule is CCSc1ccc(Sc2ccc(-c3cccc4c(-c5ccccc5)c5ccccc5c(-c5ccccc5)c34)cc2)cc1. The van der Waals surface area contributed by atoms with Crippen LogP contribution < -0.4 is 0 Å². The Morgan fingerprint density at radius 3 is 1.52 bits per heavy atom. The van der Waals surface area contributed by atoms with E-state index in [4.69, 9.17) is 0 Å². The summed E-state index contributed by atoms with van der Waals surface area (Å²) in [5.41, 5.74) is 7.55. The molecule has 0 radical (unpaired) electrons. The summed E-state index contributed by atoms with van der Waals surface area (Å²) in [6, 6.07) is 55.3. The van der Waals surface area contributed by atoms with Gasteiger partial charge in [0.2, 0.25) is 0 Å². The van der Waals surface area contributed by atoms with Crippen molar-refractivity contribution >= 4 is 45.1 Å². The van der Waals surface area contributed by atoms with Gasteiger partial charge in [-0.3, -0.25) is 0 Å². The van der Waals surface area contributed by atoms with Gasteiger partial charge in [0, 0.05) is 14.7 Å². The number of fused-ring (bicyclic) bond motifs is 2. The van der Waals surface area contributed by atoms with Crippen LogP contribution in [0, 0.1) is 0 Å². The highest BCUT2D eigenvalue weighted by Gasteiger charge is 2.19. The van der Waals surface area contributed by atoms with Gasteiger partial charge in [-0.2, -0.15) is 0 Å². The third kappa shape index (κ3) is 5.13. The summed E-state index contributed by atoms with van der Waals surface area (Å²) >= 11 is 3.70. The van der Waals surface area contributed by atoms with Crippen molar-refractivity contribution < 1.29 is 0 Å². The minimum Gasteiger partial charge on any atom is -0.126 e. The number of rotatable bonds is 7. The molecule has 0 aliphatic heterocycles. The third-order valence-electron chi connectivity index (χ3n) is 7.71. The van der Waals surface area contributed by atoms with Gasteiger partial charge in [-0.05, 0) is 97.1 Å². The molecule has 0 saturated heterocycles. The van der Waals surface area contributed by atoms with Crippen LogP contribution in [0.5, 0.6) is 0 Å². The lowest BCUT2D eigenvalue weighted by Gasteiger charge is -2.20. The summed E-state index contributed by atoms with van der Waals surface area (Å²) < 4.78 is 0. The second-order valence-corrected chi connectivity index (χ2v) is 12.8. The standard InChI is InChI=1S/C40H30S2/c1-2-41-31-24-26-33(27-25-31)42-32-22-20-28(21-23-32)34-18-11-19-37-38(29-12-5-3-6-13-29)35-16-9-10-17-36(35)39(40(34)37)30-14-7-4-8-15-30/h3-27H,2H2,1H3. The molecule has 42 heavy (non-hydrogen) atoms. The predicted octanol–water partition coefficient (Wildman–Crippen LogP) is 12.3. The van der Waals surface area contributed by atoms with Gasteiger partial charge < -0.3 is 0 Å². The van der Waals surface area contributed by atoms with Gasteiger partial charge in [0.1, 0.15) is 0 Å². The molecular formula is C40H30S2. The quantitative estimate of drug-likeness (QED) is 0.137. The molecule has 0 heterocycles. The molecule has 0 amide bonds. The Balaban J connectivity index is 1.42. The van der Waals surface area contributed by atoms with Crippen LogP contribution in [0.15, 0.2) is 166 Å². The molecule has 7 aromatic carbocycles. The van der Waals surface area contributed by atoms with E-state index in [1.807, 2.05) is 23.5 Å². The Hall–Kier alpha value is -4.24. The minimum atomic E-state index is 1.09. The van der Waals surface area contributed by atoms with E-state index in [1.165, 1.54) is 69.6 Å². The smallest absolute Gasteiger partial charge is 0.0123 e. The molecule has 202 valence electrons. The summed E-state index contributed by atoms with van der Waals surface area (Å²) in [6.45, 7) is 2.19. The van der Waals surface area contributed by atoms with Gasteiger partial charge >= 0.3 is 0 Å². The summed E-state index contributed by atoms with van der Waals surface area (Å²) in [6.07, 6.45) is 0. The monoisotopic (exact) mass is 574 g/mol. The Bertz CT molecular complexity index is 1980. The molecule has 0 aliphatic carbocycles. The zero-order chi connectivity index (χ0) is 28.3. The highest BCUT2D eigenvalue weighted by atomic mass is 32.2. The van der Waals surface area contributed by atoms with Crippen LogP contribution in [0.3, 0.4) is 0 Å². The highest BCUT2D eigenvalue weighted by Crippen LogP contribution is 2.47. The summed E-state index contributed by atoms with van der Waals surface area (Å²) in [5.74, 6) is 1.09. The van der Waals surface area contributed by atoms with Crippen LogP contribution in [0.25, 0.3) is 54.9 Å². The van der Waals surface area contributed by atoms with E-state index in [2.05, 4.69) is 159 Å². The summed E-state index contributed by atoms with van der Waals surface area (Å²) in [4.78, 5) is 3.83. The fourth-order valence-corrected chi connectivity index (χ4v) is 7.38. The normalized spacial score (nSPS) is 11.3. The molecular weight excluding hydrogens is 545 g/mol. The largest absolute Gasteiger partial charge is 0.126 e. The van der Waals surface area contributed by atoms with Crippen molar-refractivity contribution in [1.29, 1.82) is 0 Å². The van der Waals surface area contributed by atoms with Crippen LogP contribution >= 0.6 is 23.5 Å². The molecule has 0 aromatic heterocycles. The van der Waals surface area contributed by atoms with Gasteiger partial charge in [0.05, 0.1) is 0 Å². The second kappa shape index (κ2) is 11.9. The lowest BCUT2D eigenvalue weighted by atomic mass is 9.83. The fraction of sp³-hybridized carbons (Fsp3) is 0.0500. The van der Waals surface area contributed by atoms with Crippen LogP contribution in [0.2, 0.25) is 0 Å². The van der Waals surface area contributed by atoms with Gasteiger partial charge in [0.25, 0.3) is 0 Å². The third-order valence-corrected chi connectivity index (χ3v) is 9.62. The Labute approximate surface area is 256 Å². The molecule has 0 saturated carbocycles. The zero-order valence-corrected chi connectivity index (χ0v) is 25.1. The molecule has 0 fully saturated rings. The lowest BCUT2D eigenvalue weighted by Crippen LogP contribution is -1.93. The maximum atomic E-state index is 2.30. The van der Waals surface area contributed by atoms with Crippen molar-refractivity contribution in [3.63, 3.8) is 0 Å². The maximum Gasteiger partial charge on any atom is 0.0123 e. The van der Waals surface area contributed by atoms with Crippen molar-refractivity contribution in [1.82, 2.24) is 0 Å². The van der Waals surface area contributed by atoms with Gasteiger partial charge in [-0.25, -0.2) is 0 Å². The first-order valence-corrected chi connectivity index (χ1v) is 16.2.